The van der Waals surface area contributed by atoms with E-state index < -0.39 is 10.0 Å². The topological polar surface area (TPSA) is 90.0 Å². The van der Waals surface area contributed by atoms with Gasteiger partial charge >= 0.3 is 0 Å². The Morgan fingerprint density at radius 2 is 2.20 bits per heavy atom. The summed E-state index contributed by atoms with van der Waals surface area (Å²) in [5.41, 5.74) is 6.76. The van der Waals surface area contributed by atoms with Crippen LogP contribution in [0.5, 0.6) is 0 Å². The summed E-state index contributed by atoms with van der Waals surface area (Å²) in [6.45, 7) is 2.84. The molecule has 0 unspecified atom stereocenters. The third kappa shape index (κ3) is 3.58. The summed E-state index contributed by atoms with van der Waals surface area (Å²) in [7, 11) is -3.51. The minimum Gasteiger partial charge on any atom is -0.399 e. The van der Waals surface area contributed by atoms with Crippen LogP contribution in [0.3, 0.4) is 0 Å². The third-order valence-electron chi connectivity index (χ3n) is 2.95. The molecule has 0 aliphatic carbocycles. The Labute approximate surface area is 118 Å². The predicted octanol–water partition coefficient (Wildman–Crippen LogP) is 1.14. The Kier molecular flexibility index (Phi) is 4.41. The number of nitrogen functional groups attached to an aromatic ring is 1. The lowest BCUT2D eigenvalue weighted by Gasteiger charge is -2.10. The Bertz CT molecular complexity index is 666. The van der Waals surface area contributed by atoms with Crippen LogP contribution in [0.15, 0.2) is 41.8 Å². The lowest BCUT2D eigenvalue weighted by atomic mass is 10.2. The van der Waals surface area contributed by atoms with E-state index in [2.05, 4.69) is 9.71 Å². The number of benzene rings is 1. The summed E-state index contributed by atoms with van der Waals surface area (Å²) in [6, 6.07) is 4.87. The quantitative estimate of drug-likeness (QED) is 0.617. The number of hydrogen-bond donors (Lipinski definition) is 2. The molecule has 0 saturated carbocycles. The highest BCUT2D eigenvalue weighted by atomic mass is 32.2. The van der Waals surface area contributed by atoms with Crippen LogP contribution >= 0.6 is 0 Å². The smallest absolute Gasteiger partial charge is 0.240 e. The fourth-order valence-corrected chi connectivity index (χ4v) is 3.22. The Morgan fingerprint density at radius 1 is 1.40 bits per heavy atom. The lowest BCUT2D eigenvalue weighted by molar-refractivity contribution is 0.569. The molecule has 0 aliphatic heterocycles. The van der Waals surface area contributed by atoms with Crippen molar-refractivity contribution in [3.63, 3.8) is 0 Å². The number of imidazole rings is 1. The predicted molar refractivity (Wildman–Crippen MR) is 77.6 cm³/mol. The van der Waals surface area contributed by atoms with Gasteiger partial charge in [-0.2, -0.15) is 0 Å². The molecular weight excluding hydrogens is 276 g/mol. The fraction of sp³-hybridized carbons (Fsp3) is 0.308. The van der Waals surface area contributed by atoms with Gasteiger partial charge in [0.1, 0.15) is 0 Å². The first-order chi connectivity index (χ1) is 9.49. The van der Waals surface area contributed by atoms with Crippen molar-refractivity contribution in [2.75, 3.05) is 12.3 Å². The van der Waals surface area contributed by atoms with Gasteiger partial charge in [0.25, 0.3) is 0 Å². The number of nitrogens with zero attached hydrogens (tertiary/aromatic N) is 2. The molecule has 0 radical (unpaired) electrons. The maximum Gasteiger partial charge on any atom is 0.240 e. The van der Waals surface area contributed by atoms with Crippen LogP contribution in [0.25, 0.3) is 0 Å². The molecule has 0 bridgehead atoms. The summed E-state index contributed by atoms with van der Waals surface area (Å²) < 4.78 is 28.9. The number of nitrogens with two attached hydrogens (primary N) is 1. The molecule has 3 N–H and O–H groups in total. The van der Waals surface area contributed by atoms with Crippen molar-refractivity contribution in [2.24, 2.45) is 0 Å². The standard InChI is InChI=1S/C13H18N4O2S/c1-11-3-4-12(14)9-13(11)20(18,19)16-5-2-7-17-8-6-15-10-17/h3-4,6,8-10,16H,2,5,7,14H2,1H3. The summed E-state index contributed by atoms with van der Waals surface area (Å²) >= 11 is 0. The molecule has 0 aliphatic rings. The van der Waals surface area contributed by atoms with Gasteiger partial charge < -0.3 is 10.3 Å². The van der Waals surface area contributed by atoms with Gasteiger partial charge in [-0.15, -0.1) is 0 Å². The molecule has 0 fully saturated rings. The van der Waals surface area contributed by atoms with Crippen LogP contribution in [0.4, 0.5) is 5.69 Å². The minimum atomic E-state index is -3.51. The van der Waals surface area contributed by atoms with Crippen molar-refractivity contribution in [3.8, 4) is 0 Å². The molecule has 0 atom stereocenters. The number of sulfonamides is 1. The molecule has 1 heterocycles. The SMILES string of the molecule is Cc1ccc(N)cc1S(=O)(=O)NCCCn1ccnc1. The molecular formula is C13H18N4O2S. The highest BCUT2D eigenvalue weighted by Gasteiger charge is 2.16. The maximum atomic E-state index is 12.2. The molecule has 2 aromatic rings. The van der Waals surface area contributed by atoms with Crippen LogP contribution in [-0.4, -0.2) is 24.5 Å². The van der Waals surface area contributed by atoms with E-state index in [-0.39, 0.29) is 4.90 Å². The van der Waals surface area contributed by atoms with E-state index >= 15 is 0 Å². The monoisotopic (exact) mass is 294 g/mol. The van der Waals surface area contributed by atoms with Gasteiger partial charge in [-0.05, 0) is 31.0 Å². The van der Waals surface area contributed by atoms with Crippen LogP contribution in [0, 0.1) is 6.92 Å². The second-order valence-corrected chi connectivity index (χ2v) is 6.31. The van der Waals surface area contributed by atoms with Crippen LogP contribution < -0.4 is 10.5 Å². The average molecular weight is 294 g/mol. The molecule has 0 amide bonds. The highest BCUT2D eigenvalue weighted by Crippen LogP contribution is 2.17. The number of aryl methyl sites for hydroxylation is 2. The second kappa shape index (κ2) is 6.06. The molecule has 0 saturated heterocycles. The summed E-state index contributed by atoms with van der Waals surface area (Å²) in [5.74, 6) is 0. The Morgan fingerprint density at radius 3 is 2.90 bits per heavy atom. The van der Waals surface area contributed by atoms with Gasteiger partial charge in [-0.1, -0.05) is 6.07 Å². The highest BCUT2D eigenvalue weighted by molar-refractivity contribution is 7.89. The zero-order valence-electron chi connectivity index (χ0n) is 11.3. The normalized spacial score (nSPS) is 11.7. The van der Waals surface area contributed by atoms with Gasteiger partial charge in [0.15, 0.2) is 0 Å². The number of nitrogens with one attached hydrogen (secondary N) is 1. The van der Waals surface area contributed by atoms with E-state index in [9.17, 15) is 8.42 Å². The first kappa shape index (κ1) is 14.5. The van der Waals surface area contributed by atoms with Gasteiger partial charge in [0.05, 0.1) is 11.2 Å². The summed E-state index contributed by atoms with van der Waals surface area (Å²) in [6.07, 6.45) is 5.93. The zero-order valence-corrected chi connectivity index (χ0v) is 12.1. The van der Waals surface area contributed by atoms with Crippen molar-refractivity contribution in [3.05, 3.63) is 42.5 Å². The van der Waals surface area contributed by atoms with Crippen LogP contribution in [0.1, 0.15) is 12.0 Å². The van der Waals surface area contributed by atoms with Gasteiger partial charge in [-0.25, -0.2) is 18.1 Å². The molecule has 20 heavy (non-hydrogen) atoms. The molecule has 6 nitrogen and oxygen atoms in total. The van der Waals surface area contributed by atoms with Gasteiger partial charge in [-0.3, -0.25) is 0 Å². The average Bonchev–Trinajstić information content (AvgIpc) is 2.90. The van der Waals surface area contributed by atoms with E-state index in [0.29, 0.717) is 24.2 Å². The van der Waals surface area contributed by atoms with Crippen LogP contribution in [-0.2, 0) is 16.6 Å². The molecule has 108 valence electrons. The van der Waals surface area contributed by atoms with E-state index in [1.807, 2.05) is 10.8 Å². The fourth-order valence-electron chi connectivity index (χ4n) is 1.87. The van der Waals surface area contributed by atoms with Crippen molar-refractivity contribution in [2.45, 2.75) is 24.8 Å². The largest absolute Gasteiger partial charge is 0.399 e. The van der Waals surface area contributed by atoms with Gasteiger partial charge in [0.2, 0.25) is 10.0 Å². The minimum absolute atomic E-state index is 0.236. The molecule has 1 aromatic heterocycles. The van der Waals surface area contributed by atoms with Crippen molar-refractivity contribution >= 4 is 15.7 Å². The molecule has 2 rings (SSSR count). The van der Waals surface area contributed by atoms with Gasteiger partial charge in [0, 0.05) is 31.2 Å². The molecule has 0 spiro atoms. The van der Waals surface area contributed by atoms with Crippen LogP contribution in [0.2, 0.25) is 0 Å². The van der Waals surface area contributed by atoms with Crippen molar-refractivity contribution < 1.29 is 8.42 Å². The van der Waals surface area contributed by atoms with E-state index in [0.717, 1.165) is 6.54 Å². The summed E-state index contributed by atoms with van der Waals surface area (Å²) in [5, 5.41) is 0. The number of hydrogen-bond acceptors (Lipinski definition) is 4. The van der Waals surface area contributed by atoms with E-state index in [1.54, 1.807) is 31.6 Å². The first-order valence-electron chi connectivity index (χ1n) is 6.30. The Balaban J connectivity index is 1.95. The van der Waals surface area contributed by atoms with E-state index in [4.69, 9.17) is 5.73 Å². The van der Waals surface area contributed by atoms with E-state index in [1.165, 1.54) is 6.07 Å². The number of anilines is 1. The molecule has 7 heteroatoms. The number of aromatic nitrogens is 2. The van der Waals surface area contributed by atoms with Crippen molar-refractivity contribution in [1.29, 1.82) is 0 Å². The lowest BCUT2D eigenvalue weighted by Crippen LogP contribution is -2.26. The van der Waals surface area contributed by atoms with Crippen molar-refractivity contribution in [1.82, 2.24) is 14.3 Å². The summed E-state index contributed by atoms with van der Waals surface area (Å²) in [4.78, 5) is 4.17. The second-order valence-electron chi connectivity index (χ2n) is 4.58. The maximum absolute atomic E-state index is 12.2. The zero-order chi connectivity index (χ0) is 14.6. The third-order valence-corrected chi connectivity index (χ3v) is 4.55. The molecule has 1 aromatic carbocycles. The first-order valence-corrected chi connectivity index (χ1v) is 7.79. The Hall–Kier alpha value is -1.86. The number of rotatable bonds is 6.